The van der Waals surface area contributed by atoms with Gasteiger partial charge < -0.3 is 0 Å². The van der Waals surface area contributed by atoms with Crippen molar-refractivity contribution in [2.75, 3.05) is 0 Å². The van der Waals surface area contributed by atoms with Gasteiger partial charge in [-0.25, -0.2) is 13.2 Å². The number of hydrogen-bond donors (Lipinski definition) is 0. The van der Waals surface area contributed by atoms with E-state index < -0.39 is 17.5 Å². The Balaban J connectivity index is 0.000000153. The van der Waals surface area contributed by atoms with Crippen molar-refractivity contribution < 1.29 is 13.2 Å². The van der Waals surface area contributed by atoms with Gasteiger partial charge in [0.15, 0.2) is 17.5 Å². The molecule has 0 fully saturated rings. The lowest BCUT2D eigenvalue weighted by atomic mass is 10.0. The van der Waals surface area contributed by atoms with Crippen molar-refractivity contribution in [3.05, 3.63) is 88.8 Å². The van der Waals surface area contributed by atoms with E-state index in [1.807, 2.05) is 0 Å². The van der Waals surface area contributed by atoms with Gasteiger partial charge in [-0.1, -0.05) is 60.7 Å². The summed E-state index contributed by atoms with van der Waals surface area (Å²) in [5.74, 6) is -2.48. The molecule has 4 aromatic carbocycles. The molecule has 26 heavy (non-hydrogen) atoms. The maximum Gasteiger partial charge on any atom is 0.155 e. The van der Waals surface area contributed by atoms with Gasteiger partial charge in [0.1, 0.15) is 0 Å². The molecule has 0 aromatic heterocycles. The van der Waals surface area contributed by atoms with Crippen LogP contribution in [-0.2, 0) is 0 Å². The monoisotopic (exact) mass is 688 g/mol. The van der Waals surface area contributed by atoms with Crippen molar-refractivity contribution in [3.8, 4) is 0 Å². The maximum atomic E-state index is 12.9. The summed E-state index contributed by atoms with van der Waals surface area (Å²) < 4.78 is 38.3. The lowest BCUT2D eigenvalue weighted by Crippen LogP contribution is -2.01. The minimum atomic E-state index is -0.827. The molecule has 4 rings (SSSR count). The Morgan fingerprint density at radius 3 is 1.12 bits per heavy atom. The van der Waals surface area contributed by atoms with Crippen molar-refractivity contribution in [2.24, 2.45) is 0 Å². The summed E-state index contributed by atoms with van der Waals surface area (Å²) in [6.45, 7) is 0. The molecule has 0 N–H and O–H groups in total. The summed E-state index contributed by atoms with van der Waals surface area (Å²) in [6, 6.07) is 21.4. The van der Waals surface area contributed by atoms with Crippen LogP contribution in [0, 0.1) is 28.2 Å². The highest BCUT2D eigenvalue weighted by atomic mass is 127. The van der Waals surface area contributed by atoms with E-state index in [9.17, 15) is 13.2 Å². The molecule has 0 bridgehead atoms. The molecule has 0 aliphatic heterocycles. The van der Waals surface area contributed by atoms with Gasteiger partial charge in [0.25, 0.3) is 0 Å². The fourth-order valence-electron chi connectivity index (χ4n) is 2.53. The second kappa shape index (κ2) is 8.59. The molecule has 0 atom stereocenters. The molecule has 0 nitrogen and oxygen atoms in total. The van der Waals surface area contributed by atoms with Crippen LogP contribution < -0.4 is 0 Å². The average molecular weight is 688 g/mol. The third-order valence-corrected chi connectivity index (χ3v) is 6.65. The van der Waals surface area contributed by atoms with Gasteiger partial charge in [-0.2, -0.15) is 0 Å². The first-order chi connectivity index (χ1) is 12.4. The lowest BCUT2D eigenvalue weighted by molar-refractivity contribution is 0.515. The van der Waals surface area contributed by atoms with Crippen LogP contribution in [0.4, 0.5) is 13.2 Å². The van der Waals surface area contributed by atoms with Gasteiger partial charge in [0, 0.05) is 0 Å². The third kappa shape index (κ3) is 3.96. The van der Waals surface area contributed by atoms with Crippen molar-refractivity contribution in [2.45, 2.75) is 0 Å². The van der Waals surface area contributed by atoms with E-state index in [1.54, 1.807) is 0 Å². The van der Waals surface area contributed by atoms with Gasteiger partial charge in [-0.15, -0.1) is 0 Å². The van der Waals surface area contributed by atoms with Crippen LogP contribution >= 0.6 is 67.8 Å². The Kier molecular flexibility index (Phi) is 6.65. The molecular weight excluding hydrogens is 678 g/mol. The minimum Gasteiger partial charge on any atom is -0.204 e. The first kappa shape index (κ1) is 20.1. The topological polar surface area (TPSA) is 0 Å². The Hall–Kier alpha value is -0.620. The molecule has 0 spiro atoms. The molecule has 0 unspecified atom stereocenters. The zero-order valence-electron chi connectivity index (χ0n) is 13.0. The second-order valence-electron chi connectivity index (χ2n) is 5.39. The number of fused-ring (bicyclic) bond motifs is 3. The average Bonchev–Trinajstić information content (AvgIpc) is 2.70. The molecule has 0 heterocycles. The Morgan fingerprint density at radius 2 is 0.769 bits per heavy atom. The van der Waals surface area contributed by atoms with Crippen molar-refractivity contribution in [3.63, 3.8) is 0 Å². The van der Waals surface area contributed by atoms with E-state index in [2.05, 4.69) is 60.7 Å². The molecule has 0 aliphatic carbocycles. The molecular formula is C20H10F3I3. The van der Waals surface area contributed by atoms with Gasteiger partial charge in [0.05, 0.1) is 10.7 Å². The summed E-state index contributed by atoms with van der Waals surface area (Å²) in [4.78, 5) is 0. The van der Waals surface area contributed by atoms with Gasteiger partial charge >= 0.3 is 0 Å². The Morgan fingerprint density at radius 1 is 0.462 bits per heavy atom. The molecule has 6 heteroatoms. The van der Waals surface area contributed by atoms with Crippen LogP contribution in [-0.4, -0.2) is 0 Å². The molecule has 0 saturated carbocycles. The zero-order valence-corrected chi connectivity index (χ0v) is 19.5. The predicted molar refractivity (Wildman–Crippen MR) is 126 cm³/mol. The Bertz CT molecular complexity index is 950. The fourth-order valence-corrected chi connectivity index (χ4v) is 5.70. The normalized spacial score (nSPS) is 10.7. The van der Waals surface area contributed by atoms with Crippen molar-refractivity contribution in [1.82, 2.24) is 0 Å². The van der Waals surface area contributed by atoms with Crippen molar-refractivity contribution >= 4 is 89.3 Å². The van der Waals surface area contributed by atoms with Crippen molar-refractivity contribution in [1.29, 1.82) is 0 Å². The number of halogens is 6. The number of hydrogen-bond acceptors (Lipinski definition) is 0. The largest absolute Gasteiger partial charge is 0.204 e. The first-order valence-corrected chi connectivity index (χ1v) is 10.7. The second-order valence-corrected chi connectivity index (χ2v) is 8.63. The molecule has 0 radical (unpaired) electrons. The van der Waals surface area contributed by atoms with E-state index in [4.69, 9.17) is 0 Å². The standard InChI is InChI=1S/C14H10.C6F3I3/c1-3-7-13-11(5-1)9-10-12-6-2-4-8-14(12)13;7-1-4(10)2(8)6(12)3(9)5(1)11/h1-10H;. The highest BCUT2D eigenvalue weighted by molar-refractivity contribution is 14.1. The number of benzene rings is 4. The van der Waals surface area contributed by atoms with E-state index >= 15 is 0 Å². The van der Waals surface area contributed by atoms with E-state index in [1.165, 1.54) is 89.3 Å². The SMILES string of the molecule is Fc1c(I)c(F)c(I)c(F)c1I.c1ccc2c(c1)ccc1ccccc12. The molecule has 0 amide bonds. The fraction of sp³-hybridized carbons (Fsp3) is 0. The lowest BCUT2D eigenvalue weighted by Gasteiger charge is -2.03. The number of rotatable bonds is 0. The van der Waals surface area contributed by atoms with Gasteiger partial charge in [-0.3, -0.25) is 0 Å². The van der Waals surface area contributed by atoms with E-state index in [0.717, 1.165) is 0 Å². The quantitative estimate of drug-likeness (QED) is 0.0764. The Labute approximate surface area is 189 Å². The summed E-state index contributed by atoms with van der Waals surface area (Å²) >= 11 is 4.53. The van der Waals surface area contributed by atoms with Crippen LogP contribution in [0.2, 0.25) is 0 Å². The summed E-state index contributed by atoms with van der Waals surface area (Å²) in [6.07, 6.45) is 0. The van der Waals surface area contributed by atoms with Gasteiger partial charge in [-0.05, 0) is 89.3 Å². The van der Waals surface area contributed by atoms with Crippen LogP contribution in [0.1, 0.15) is 0 Å². The summed E-state index contributed by atoms with van der Waals surface area (Å²) in [7, 11) is 0. The predicted octanol–water partition coefficient (Wildman–Crippen LogP) is 7.91. The van der Waals surface area contributed by atoms with Crippen LogP contribution in [0.25, 0.3) is 21.5 Å². The molecule has 0 aliphatic rings. The minimum absolute atomic E-state index is 0.164. The molecule has 4 aromatic rings. The van der Waals surface area contributed by atoms with Crippen LogP contribution in [0.15, 0.2) is 60.7 Å². The molecule has 0 saturated heterocycles. The summed E-state index contributed by atoms with van der Waals surface area (Å²) in [5.41, 5.74) is 0. The molecule has 132 valence electrons. The highest BCUT2D eigenvalue weighted by Gasteiger charge is 2.20. The summed E-state index contributed by atoms with van der Waals surface area (Å²) in [5, 5.41) is 5.30. The van der Waals surface area contributed by atoms with E-state index in [0.29, 0.717) is 0 Å². The first-order valence-electron chi connectivity index (χ1n) is 7.45. The van der Waals surface area contributed by atoms with E-state index in [-0.39, 0.29) is 10.7 Å². The highest BCUT2D eigenvalue weighted by Crippen LogP contribution is 2.28. The maximum absolute atomic E-state index is 12.9. The van der Waals surface area contributed by atoms with Gasteiger partial charge in [0.2, 0.25) is 0 Å². The van der Waals surface area contributed by atoms with Crippen LogP contribution in [0.5, 0.6) is 0 Å². The smallest absolute Gasteiger partial charge is 0.155 e. The van der Waals surface area contributed by atoms with Crippen LogP contribution in [0.3, 0.4) is 0 Å². The third-order valence-electron chi connectivity index (χ3n) is 3.81. The zero-order chi connectivity index (χ0) is 18.8.